The van der Waals surface area contributed by atoms with Gasteiger partial charge in [-0.05, 0) is 50.3 Å². The minimum absolute atomic E-state index is 0.00615. The van der Waals surface area contributed by atoms with E-state index in [1.165, 1.54) is 0 Å². The number of para-hydroxylation sites is 1. The van der Waals surface area contributed by atoms with E-state index in [2.05, 4.69) is 19.2 Å². The van der Waals surface area contributed by atoms with Crippen molar-refractivity contribution in [3.63, 3.8) is 0 Å². The Hall–Kier alpha value is -2.82. The molecule has 0 fully saturated rings. The fraction of sp³-hybridized carbons (Fsp3) is 0.462. The molecule has 5 heteroatoms. The van der Waals surface area contributed by atoms with Gasteiger partial charge >= 0.3 is 0 Å². The summed E-state index contributed by atoms with van der Waals surface area (Å²) in [6, 6.07) is 15.2. The van der Waals surface area contributed by atoms with Crippen LogP contribution in [0.3, 0.4) is 0 Å². The lowest BCUT2D eigenvalue weighted by molar-refractivity contribution is -0.143. The van der Waals surface area contributed by atoms with E-state index in [9.17, 15) is 9.59 Å². The van der Waals surface area contributed by atoms with Crippen LogP contribution < -0.4 is 10.1 Å². The number of ether oxygens (including phenoxy) is 1. The molecule has 0 spiro atoms. The van der Waals surface area contributed by atoms with E-state index in [0.717, 1.165) is 16.7 Å². The van der Waals surface area contributed by atoms with E-state index < -0.39 is 6.04 Å². The molecule has 2 aromatic rings. The molecule has 1 N–H and O–H groups in total. The lowest BCUT2D eigenvalue weighted by Crippen LogP contribution is -2.51. The summed E-state index contributed by atoms with van der Waals surface area (Å²) >= 11 is 0. The van der Waals surface area contributed by atoms with E-state index in [1.54, 1.807) is 4.90 Å². The topological polar surface area (TPSA) is 58.6 Å². The van der Waals surface area contributed by atoms with Crippen molar-refractivity contribution in [1.29, 1.82) is 0 Å². The maximum atomic E-state index is 13.3. The number of carbonyl (C=O) groups is 2. The Morgan fingerprint density at radius 2 is 1.74 bits per heavy atom. The number of benzene rings is 2. The van der Waals surface area contributed by atoms with Crippen molar-refractivity contribution in [1.82, 2.24) is 10.2 Å². The van der Waals surface area contributed by atoms with E-state index in [-0.39, 0.29) is 30.4 Å². The van der Waals surface area contributed by atoms with Crippen molar-refractivity contribution >= 4 is 11.8 Å². The van der Waals surface area contributed by atoms with Gasteiger partial charge in [-0.1, -0.05) is 68.8 Å². The summed E-state index contributed by atoms with van der Waals surface area (Å²) in [5.41, 5.74) is 3.17. The van der Waals surface area contributed by atoms with Gasteiger partial charge in [0.15, 0.2) is 6.61 Å². The maximum Gasteiger partial charge on any atom is 0.261 e. The predicted molar refractivity (Wildman–Crippen MR) is 125 cm³/mol. The third-order valence-electron chi connectivity index (χ3n) is 5.14. The molecule has 0 saturated carbocycles. The molecule has 0 aliphatic carbocycles. The Morgan fingerprint density at radius 3 is 2.35 bits per heavy atom. The van der Waals surface area contributed by atoms with Gasteiger partial charge in [-0.3, -0.25) is 9.59 Å². The zero-order valence-electron chi connectivity index (χ0n) is 19.6. The van der Waals surface area contributed by atoms with Crippen molar-refractivity contribution < 1.29 is 14.3 Å². The van der Waals surface area contributed by atoms with Crippen molar-refractivity contribution in [2.24, 2.45) is 0 Å². The standard InChI is InChI=1S/C26H36N2O3/c1-7-23(26(30)27-19(4)5)28(16-21-12-10-11-20(6)15-21)25(29)17-31-24-14-9-8-13-22(24)18(2)3/h8-15,18-19,23H,7,16-17H2,1-6H3,(H,27,30)/t23-/m0/s1. The lowest BCUT2D eigenvalue weighted by atomic mass is 10.0. The van der Waals surface area contributed by atoms with Crippen molar-refractivity contribution in [2.45, 2.75) is 72.5 Å². The summed E-state index contributed by atoms with van der Waals surface area (Å²) < 4.78 is 5.94. The number of nitrogens with zero attached hydrogens (tertiary/aromatic N) is 1. The highest BCUT2D eigenvalue weighted by atomic mass is 16.5. The Morgan fingerprint density at radius 1 is 1.03 bits per heavy atom. The molecule has 0 unspecified atom stereocenters. The van der Waals surface area contributed by atoms with Gasteiger partial charge in [0, 0.05) is 12.6 Å². The minimum atomic E-state index is -0.556. The first kappa shape index (κ1) is 24.4. The normalized spacial score (nSPS) is 12.0. The van der Waals surface area contributed by atoms with E-state index in [4.69, 9.17) is 4.74 Å². The van der Waals surface area contributed by atoms with Gasteiger partial charge < -0.3 is 15.0 Å². The van der Waals surface area contributed by atoms with Crippen LogP contribution in [0.1, 0.15) is 63.6 Å². The van der Waals surface area contributed by atoms with Crippen LogP contribution in [0.4, 0.5) is 0 Å². The van der Waals surface area contributed by atoms with Crippen LogP contribution in [0.2, 0.25) is 0 Å². The summed E-state index contributed by atoms with van der Waals surface area (Å²) in [7, 11) is 0. The van der Waals surface area contributed by atoms with Gasteiger partial charge in [0.05, 0.1) is 0 Å². The predicted octanol–water partition coefficient (Wildman–Crippen LogP) is 4.83. The molecule has 0 aromatic heterocycles. The summed E-state index contributed by atoms with van der Waals surface area (Å²) in [5.74, 6) is 0.655. The van der Waals surface area contributed by atoms with Gasteiger partial charge in [-0.2, -0.15) is 0 Å². The highest BCUT2D eigenvalue weighted by Crippen LogP contribution is 2.26. The van der Waals surface area contributed by atoms with Gasteiger partial charge in [-0.15, -0.1) is 0 Å². The van der Waals surface area contributed by atoms with Crippen LogP contribution >= 0.6 is 0 Å². The molecule has 0 heterocycles. The Kier molecular flexibility index (Phi) is 9.10. The molecular formula is C26H36N2O3. The molecular weight excluding hydrogens is 388 g/mol. The van der Waals surface area contributed by atoms with Crippen molar-refractivity contribution in [3.05, 3.63) is 65.2 Å². The third-order valence-corrected chi connectivity index (χ3v) is 5.14. The first-order chi connectivity index (χ1) is 14.7. The average Bonchev–Trinajstić information content (AvgIpc) is 2.71. The molecule has 0 saturated heterocycles. The summed E-state index contributed by atoms with van der Waals surface area (Å²) in [6.45, 7) is 12.2. The molecule has 0 bridgehead atoms. The van der Waals surface area contributed by atoms with E-state index in [0.29, 0.717) is 18.7 Å². The Balaban J connectivity index is 2.25. The number of aryl methyl sites for hydroxylation is 1. The molecule has 0 aliphatic rings. The fourth-order valence-corrected chi connectivity index (χ4v) is 3.62. The Bertz CT molecular complexity index is 876. The molecule has 0 radical (unpaired) electrons. The second kappa shape index (κ2) is 11.5. The van der Waals surface area contributed by atoms with Crippen molar-refractivity contribution in [2.75, 3.05) is 6.61 Å². The lowest BCUT2D eigenvalue weighted by Gasteiger charge is -2.31. The van der Waals surface area contributed by atoms with Crippen LogP contribution in [0.5, 0.6) is 5.75 Å². The van der Waals surface area contributed by atoms with Crippen molar-refractivity contribution in [3.8, 4) is 5.75 Å². The zero-order valence-corrected chi connectivity index (χ0v) is 19.6. The second-order valence-electron chi connectivity index (χ2n) is 8.58. The summed E-state index contributed by atoms with van der Waals surface area (Å²) in [5, 5.41) is 2.95. The maximum absolute atomic E-state index is 13.3. The number of carbonyl (C=O) groups excluding carboxylic acids is 2. The zero-order chi connectivity index (χ0) is 23.0. The van der Waals surface area contributed by atoms with Crippen LogP contribution in [0.15, 0.2) is 48.5 Å². The summed E-state index contributed by atoms with van der Waals surface area (Å²) in [6.07, 6.45) is 0.526. The number of nitrogens with one attached hydrogen (secondary N) is 1. The molecule has 1 atom stereocenters. The quantitative estimate of drug-likeness (QED) is 0.594. The first-order valence-corrected chi connectivity index (χ1v) is 11.1. The smallest absolute Gasteiger partial charge is 0.261 e. The number of hydrogen-bond acceptors (Lipinski definition) is 3. The SMILES string of the molecule is CC[C@@H](C(=O)NC(C)C)N(Cc1cccc(C)c1)C(=O)COc1ccccc1C(C)C. The molecule has 5 nitrogen and oxygen atoms in total. The third kappa shape index (κ3) is 7.12. The Labute approximate surface area is 186 Å². The van der Waals surface area contributed by atoms with Crippen LogP contribution in [-0.2, 0) is 16.1 Å². The van der Waals surface area contributed by atoms with Crippen LogP contribution in [0.25, 0.3) is 0 Å². The first-order valence-electron chi connectivity index (χ1n) is 11.1. The van der Waals surface area contributed by atoms with Gasteiger partial charge in [0.2, 0.25) is 5.91 Å². The van der Waals surface area contributed by atoms with E-state index in [1.807, 2.05) is 76.2 Å². The molecule has 2 aromatic carbocycles. The molecule has 168 valence electrons. The summed E-state index contributed by atoms with van der Waals surface area (Å²) in [4.78, 5) is 27.8. The van der Waals surface area contributed by atoms with Gasteiger partial charge in [-0.25, -0.2) is 0 Å². The second-order valence-corrected chi connectivity index (χ2v) is 8.58. The number of rotatable bonds is 10. The fourth-order valence-electron chi connectivity index (χ4n) is 3.62. The molecule has 0 aliphatic heterocycles. The van der Waals surface area contributed by atoms with Gasteiger partial charge in [0.1, 0.15) is 11.8 Å². The molecule has 31 heavy (non-hydrogen) atoms. The molecule has 2 amide bonds. The monoisotopic (exact) mass is 424 g/mol. The average molecular weight is 425 g/mol. The number of hydrogen-bond donors (Lipinski definition) is 1. The highest BCUT2D eigenvalue weighted by molar-refractivity contribution is 5.88. The largest absolute Gasteiger partial charge is 0.483 e. The van der Waals surface area contributed by atoms with Gasteiger partial charge in [0.25, 0.3) is 5.91 Å². The van der Waals surface area contributed by atoms with E-state index >= 15 is 0 Å². The van der Waals surface area contributed by atoms with Crippen LogP contribution in [-0.4, -0.2) is 35.4 Å². The molecule has 2 rings (SSSR count). The number of amides is 2. The van der Waals surface area contributed by atoms with Crippen LogP contribution in [0, 0.1) is 6.92 Å². The minimum Gasteiger partial charge on any atom is -0.483 e. The highest BCUT2D eigenvalue weighted by Gasteiger charge is 2.29.